The Bertz CT molecular complexity index is 520. The molecule has 0 aliphatic carbocycles. The molecule has 0 fully saturated rings. The maximum absolute atomic E-state index is 10.3. The third-order valence-corrected chi connectivity index (χ3v) is 2.89. The molecule has 0 radical (unpaired) electrons. The fourth-order valence-electron chi connectivity index (χ4n) is 1.30. The number of carbonyl (C=O) groups is 1. The van der Waals surface area contributed by atoms with E-state index in [2.05, 4.69) is 25.6 Å². The predicted octanol–water partition coefficient (Wildman–Crippen LogP) is 1.38. The van der Waals surface area contributed by atoms with E-state index in [0.29, 0.717) is 19.0 Å². The quantitative estimate of drug-likeness (QED) is 0.744. The van der Waals surface area contributed by atoms with Crippen molar-refractivity contribution >= 4 is 29.6 Å². The van der Waals surface area contributed by atoms with Crippen molar-refractivity contribution in [3.8, 4) is 5.06 Å². The van der Waals surface area contributed by atoms with Gasteiger partial charge in [-0.25, -0.2) is 9.97 Å². The Kier molecular flexibility index (Phi) is 4.62. The molecule has 0 saturated carbocycles. The Morgan fingerprint density at radius 2 is 2.32 bits per heavy atom. The van der Waals surface area contributed by atoms with Gasteiger partial charge in [0, 0.05) is 0 Å². The molecule has 0 saturated heterocycles. The minimum Gasteiger partial charge on any atom is -0.482 e. The monoisotopic (exact) mass is 279 g/mol. The normalized spacial score (nSPS) is 11.6. The number of nitrogens with zero attached hydrogens (tertiary/aromatic N) is 3. The van der Waals surface area contributed by atoms with Crippen LogP contribution in [0, 0.1) is 0 Å². The summed E-state index contributed by atoms with van der Waals surface area (Å²) in [7, 11) is 0. The number of thiophene rings is 1. The molecule has 0 aliphatic rings. The summed E-state index contributed by atoms with van der Waals surface area (Å²) >= 11 is 1.54. The van der Waals surface area contributed by atoms with Crippen molar-refractivity contribution in [3.05, 3.63) is 23.8 Å². The van der Waals surface area contributed by atoms with Gasteiger partial charge in [-0.15, -0.1) is 11.3 Å². The number of carbonyl (C=O) groups excluding carboxylic acids is 1. The second-order valence-corrected chi connectivity index (χ2v) is 4.59. The van der Waals surface area contributed by atoms with Crippen LogP contribution in [0.25, 0.3) is 0 Å². The van der Waals surface area contributed by atoms with Gasteiger partial charge in [-0.05, 0) is 24.4 Å². The third kappa shape index (κ3) is 4.18. The van der Waals surface area contributed by atoms with Crippen LogP contribution in [-0.4, -0.2) is 34.0 Å². The molecule has 1 amide bonds. The first-order valence-electron chi connectivity index (χ1n) is 5.60. The first-order chi connectivity index (χ1) is 9.28. The fraction of sp³-hybridized carbons (Fsp3) is 0.273. The van der Waals surface area contributed by atoms with Gasteiger partial charge in [0.05, 0.1) is 6.04 Å². The zero-order valence-electron chi connectivity index (χ0n) is 10.2. The van der Waals surface area contributed by atoms with Crippen LogP contribution in [0.15, 0.2) is 23.8 Å². The number of rotatable bonds is 7. The van der Waals surface area contributed by atoms with Gasteiger partial charge >= 0.3 is 0 Å². The molecule has 2 rings (SSSR count). The molecule has 8 heteroatoms. The lowest BCUT2D eigenvalue weighted by Crippen LogP contribution is -2.24. The Hall–Kier alpha value is -2.22. The second-order valence-electron chi connectivity index (χ2n) is 3.68. The van der Waals surface area contributed by atoms with Crippen molar-refractivity contribution in [2.24, 2.45) is 0 Å². The van der Waals surface area contributed by atoms with Gasteiger partial charge < -0.3 is 10.1 Å². The number of nitrogens with one attached hydrogen (secondary N) is 2. The van der Waals surface area contributed by atoms with Crippen molar-refractivity contribution in [2.45, 2.75) is 13.0 Å². The molecule has 7 nitrogen and oxygen atoms in total. The second kappa shape index (κ2) is 6.64. The predicted molar refractivity (Wildman–Crippen MR) is 72.4 cm³/mol. The van der Waals surface area contributed by atoms with Crippen LogP contribution in [0.5, 0.6) is 5.06 Å². The van der Waals surface area contributed by atoms with Crippen molar-refractivity contribution in [3.63, 3.8) is 0 Å². The van der Waals surface area contributed by atoms with Gasteiger partial charge in [0.1, 0.15) is 12.9 Å². The smallest absolute Gasteiger partial charge is 0.233 e. The number of hydrogen-bond donors (Lipinski definition) is 2. The average Bonchev–Trinajstić information content (AvgIpc) is 2.90. The zero-order valence-corrected chi connectivity index (χ0v) is 11.1. The lowest BCUT2D eigenvalue weighted by atomic mass is 10.4. The van der Waals surface area contributed by atoms with Gasteiger partial charge in [-0.2, -0.15) is 4.98 Å². The van der Waals surface area contributed by atoms with E-state index in [1.165, 1.54) is 6.33 Å². The van der Waals surface area contributed by atoms with Crippen LogP contribution in [0.2, 0.25) is 0 Å². The minimum absolute atomic E-state index is 0.0218. The van der Waals surface area contributed by atoms with Crippen LogP contribution in [0.1, 0.15) is 6.92 Å². The number of hydrogen-bond acceptors (Lipinski definition) is 7. The highest BCUT2D eigenvalue weighted by molar-refractivity contribution is 7.11. The Balaban J connectivity index is 1.85. The summed E-state index contributed by atoms with van der Waals surface area (Å²) in [5, 5.41) is 8.25. The van der Waals surface area contributed by atoms with E-state index in [1.54, 1.807) is 11.3 Å². The summed E-state index contributed by atoms with van der Waals surface area (Å²) in [4.78, 5) is 22.1. The summed E-state index contributed by atoms with van der Waals surface area (Å²) in [6, 6.07) is 3.86. The summed E-state index contributed by atoms with van der Waals surface area (Å²) < 4.78 is 5.57. The summed E-state index contributed by atoms with van der Waals surface area (Å²) in [5.74, 6) is 0.598. The maximum atomic E-state index is 10.3. The summed E-state index contributed by atoms with van der Waals surface area (Å²) in [6.45, 7) is 2.44. The minimum atomic E-state index is 0.0218. The molecular weight excluding hydrogens is 266 g/mol. The number of aromatic nitrogens is 3. The number of amides is 1. The van der Waals surface area contributed by atoms with E-state index >= 15 is 0 Å². The molecule has 2 N–H and O–H groups in total. The Morgan fingerprint density at radius 3 is 3.05 bits per heavy atom. The SMILES string of the molecule is CC(COc1cccs1)Nc1ncnc(NC=O)n1. The molecule has 0 bridgehead atoms. The molecule has 0 aromatic carbocycles. The van der Waals surface area contributed by atoms with E-state index in [9.17, 15) is 4.79 Å². The molecule has 1 unspecified atom stereocenters. The first-order valence-corrected chi connectivity index (χ1v) is 6.48. The molecule has 2 aromatic heterocycles. The van der Waals surface area contributed by atoms with Gasteiger partial charge in [0.2, 0.25) is 18.3 Å². The van der Waals surface area contributed by atoms with Gasteiger partial charge in [-0.1, -0.05) is 0 Å². The van der Waals surface area contributed by atoms with Crippen molar-refractivity contribution in [2.75, 3.05) is 17.2 Å². The summed E-state index contributed by atoms with van der Waals surface area (Å²) in [6.07, 6.45) is 1.84. The molecular formula is C11H13N5O2S. The standard InChI is InChI=1S/C11H13N5O2S/c1-8(5-18-9-3-2-4-19-9)15-11-13-6-12-10(16-11)14-7-17/h2-4,6-8H,5H2,1H3,(H2,12,13,14,15,16,17). The molecule has 2 heterocycles. The van der Waals surface area contributed by atoms with E-state index < -0.39 is 0 Å². The lowest BCUT2D eigenvalue weighted by Gasteiger charge is -2.13. The highest BCUT2D eigenvalue weighted by Gasteiger charge is 2.06. The summed E-state index contributed by atoms with van der Waals surface area (Å²) in [5.41, 5.74) is 0. The Labute approximate surface area is 114 Å². The molecule has 0 aliphatic heterocycles. The van der Waals surface area contributed by atoms with Crippen LogP contribution >= 0.6 is 11.3 Å². The molecule has 100 valence electrons. The average molecular weight is 279 g/mol. The molecule has 19 heavy (non-hydrogen) atoms. The van der Waals surface area contributed by atoms with Crippen molar-refractivity contribution < 1.29 is 9.53 Å². The highest BCUT2D eigenvalue weighted by Crippen LogP contribution is 2.18. The number of anilines is 2. The third-order valence-electron chi connectivity index (χ3n) is 2.11. The van der Waals surface area contributed by atoms with Crippen molar-refractivity contribution in [1.29, 1.82) is 0 Å². The van der Waals surface area contributed by atoms with Gasteiger partial charge in [0.25, 0.3) is 0 Å². The topological polar surface area (TPSA) is 89.0 Å². The van der Waals surface area contributed by atoms with Gasteiger partial charge in [0.15, 0.2) is 5.06 Å². The van der Waals surface area contributed by atoms with E-state index in [4.69, 9.17) is 4.74 Å². The van der Waals surface area contributed by atoms with Crippen LogP contribution in [-0.2, 0) is 4.79 Å². The van der Waals surface area contributed by atoms with Crippen LogP contribution in [0.3, 0.4) is 0 Å². The first kappa shape index (κ1) is 13.2. The zero-order chi connectivity index (χ0) is 13.5. The van der Waals surface area contributed by atoms with Crippen LogP contribution in [0.4, 0.5) is 11.9 Å². The maximum Gasteiger partial charge on any atom is 0.233 e. The number of ether oxygens (including phenoxy) is 1. The van der Waals surface area contributed by atoms with Crippen LogP contribution < -0.4 is 15.4 Å². The van der Waals surface area contributed by atoms with Gasteiger partial charge in [-0.3, -0.25) is 10.1 Å². The fourth-order valence-corrected chi connectivity index (χ4v) is 1.89. The van der Waals surface area contributed by atoms with E-state index in [0.717, 1.165) is 5.06 Å². The van der Waals surface area contributed by atoms with Crippen molar-refractivity contribution in [1.82, 2.24) is 15.0 Å². The van der Waals surface area contributed by atoms with E-state index in [1.807, 2.05) is 24.4 Å². The Morgan fingerprint density at radius 1 is 1.47 bits per heavy atom. The lowest BCUT2D eigenvalue weighted by molar-refractivity contribution is -0.105. The molecule has 0 spiro atoms. The molecule has 1 atom stereocenters. The highest BCUT2D eigenvalue weighted by atomic mass is 32.1. The molecule has 2 aromatic rings. The largest absolute Gasteiger partial charge is 0.482 e. The van der Waals surface area contributed by atoms with E-state index in [-0.39, 0.29) is 12.0 Å².